The Balaban J connectivity index is 1.82. The molecule has 14 heteroatoms. The Kier molecular flexibility index (Phi) is 8.78. The maximum Gasteiger partial charge on any atom is 0.407 e. The van der Waals surface area contributed by atoms with Gasteiger partial charge in [0.15, 0.2) is 12.2 Å². The normalized spacial score (nSPS) is 28.3. The molecule has 0 spiro atoms. The van der Waals surface area contributed by atoms with E-state index in [1.165, 1.54) is 0 Å². The summed E-state index contributed by atoms with van der Waals surface area (Å²) in [7, 11) is 1.15. The SMILES string of the molecule is COC(=O)[C@@]1(ON2C(C)(C)c3ccccc3C2(C)C)C[C@@H]2OC(=O)N[C@H]2[C@H]([C@H](OC(C)=O)[C@@H](COC(C)=O)OC(C)=O)O1. The smallest absolute Gasteiger partial charge is 0.407 e. The topological polar surface area (TPSA) is 165 Å². The number of hydroxylamine groups is 2. The summed E-state index contributed by atoms with van der Waals surface area (Å²) in [6, 6.07) is 6.73. The van der Waals surface area contributed by atoms with Crippen LogP contribution in [0.25, 0.3) is 0 Å². The zero-order valence-corrected chi connectivity index (χ0v) is 25.5. The first kappa shape index (κ1) is 32.2. The van der Waals surface area contributed by atoms with Crippen LogP contribution in [0.1, 0.15) is 66.0 Å². The highest BCUT2D eigenvalue weighted by atomic mass is 16.8. The minimum Gasteiger partial charge on any atom is -0.465 e. The van der Waals surface area contributed by atoms with Gasteiger partial charge >= 0.3 is 30.0 Å². The fraction of sp³-hybridized carbons (Fsp3) is 0.621. The molecule has 3 heterocycles. The molecule has 3 aliphatic heterocycles. The van der Waals surface area contributed by atoms with Gasteiger partial charge in [-0.05, 0) is 38.8 Å². The van der Waals surface area contributed by atoms with Crippen LogP contribution in [0.4, 0.5) is 4.79 Å². The Morgan fingerprint density at radius 2 is 1.56 bits per heavy atom. The number of nitrogens with one attached hydrogen (secondary N) is 1. The lowest BCUT2D eigenvalue weighted by atomic mass is 9.89. The van der Waals surface area contributed by atoms with E-state index in [-0.39, 0.29) is 6.42 Å². The third-order valence-corrected chi connectivity index (χ3v) is 7.85. The van der Waals surface area contributed by atoms with Crippen molar-refractivity contribution in [2.24, 2.45) is 0 Å². The van der Waals surface area contributed by atoms with Crippen molar-refractivity contribution in [3.05, 3.63) is 35.4 Å². The Labute approximate surface area is 249 Å². The van der Waals surface area contributed by atoms with E-state index in [2.05, 4.69) is 5.32 Å². The van der Waals surface area contributed by atoms with Crippen molar-refractivity contribution in [1.82, 2.24) is 10.4 Å². The molecule has 0 aliphatic carbocycles. The fourth-order valence-corrected chi connectivity index (χ4v) is 6.19. The maximum atomic E-state index is 13.7. The van der Waals surface area contributed by atoms with Crippen LogP contribution in [0.2, 0.25) is 0 Å². The second-order valence-corrected chi connectivity index (χ2v) is 11.7. The number of methoxy groups -OCH3 is 1. The maximum absolute atomic E-state index is 13.7. The molecule has 3 aliphatic rings. The molecule has 1 aromatic carbocycles. The molecule has 236 valence electrons. The second-order valence-electron chi connectivity index (χ2n) is 11.7. The fourth-order valence-electron chi connectivity index (χ4n) is 6.19. The number of carbonyl (C=O) groups is 5. The van der Waals surface area contributed by atoms with E-state index in [0.29, 0.717) is 0 Å². The van der Waals surface area contributed by atoms with Crippen LogP contribution in [-0.4, -0.2) is 85.0 Å². The number of fused-ring (bicyclic) bond motifs is 2. The summed E-state index contributed by atoms with van der Waals surface area (Å²) >= 11 is 0. The van der Waals surface area contributed by atoms with Gasteiger partial charge in [-0.25, -0.2) is 14.4 Å². The first-order valence-corrected chi connectivity index (χ1v) is 13.8. The van der Waals surface area contributed by atoms with Crippen molar-refractivity contribution in [3.63, 3.8) is 0 Å². The molecule has 2 saturated heterocycles. The van der Waals surface area contributed by atoms with Gasteiger partial charge in [0.1, 0.15) is 18.8 Å². The molecule has 0 aromatic heterocycles. The molecule has 43 heavy (non-hydrogen) atoms. The number of esters is 4. The van der Waals surface area contributed by atoms with Crippen molar-refractivity contribution in [2.75, 3.05) is 13.7 Å². The molecule has 0 saturated carbocycles. The van der Waals surface area contributed by atoms with Crippen LogP contribution in [-0.2, 0) is 63.5 Å². The summed E-state index contributed by atoms with van der Waals surface area (Å²) in [6.07, 6.45) is -6.46. The van der Waals surface area contributed by atoms with Gasteiger partial charge in [0, 0.05) is 20.8 Å². The van der Waals surface area contributed by atoms with E-state index in [9.17, 15) is 24.0 Å². The van der Waals surface area contributed by atoms with Crippen molar-refractivity contribution >= 4 is 30.0 Å². The highest BCUT2D eigenvalue weighted by molar-refractivity contribution is 5.79. The van der Waals surface area contributed by atoms with Gasteiger partial charge in [0.2, 0.25) is 0 Å². The third-order valence-electron chi connectivity index (χ3n) is 7.85. The van der Waals surface area contributed by atoms with Crippen LogP contribution in [0.5, 0.6) is 0 Å². The van der Waals surface area contributed by atoms with E-state index in [1.54, 1.807) is 5.06 Å². The molecule has 2 fully saturated rings. The molecule has 0 bridgehead atoms. The van der Waals surface area contributed by atoms with E-state index >= 15 is 0 Å². The molecule has 0 radical (unpaired) electrons. The number of ether oxygens (including phenoxy) is 6. The predicted octanol–water partition coefficient (Wildman–Crippen LogP) is 1.97. The van der Waals surface area contributed by atoms with Gasteiger partial charge in [0.25, 0.3) is 5.79 Å². The molecule has 14 nitrogen and oxygen atoms in total. The number of amides is 1. The average molecular weight is 607 g/mol. The minimum atomic E-state index is -2.23. The number of carbonyl (C=O) groups excluding carboxylic acids is 5. The van der Waals surface area contributed by atoms with E-state index < -0.39 is 83.9 Å². The zero-order valence-electron chi connectivity index (χ0n) is 25.5. The molecule has 1 aromatic rings. The lowest BCUT2D eigenvalue weighted by Crippen LogP contribution is -2.68. The third kappa shape index (κ3) is 6.04. The van der Waals surface area contributed by atoms with Crippen LogP contribution in [0, 0.1) is 0 Å². The van der Waals surface area contributed by atoms with Crippen LogP contribution in [0.3, 0.4) is 0 Å². The summed E-state index contributed by atoms with van der Waals surface area (Å²) in [4.78, 5) is 68.8. The Hall–Kier alpha value is -3.75. The van der Waals surface area contributed by atoms with Gasteiger partial charge in [0.05, 0.1) is 30.7 Å². The van der Waals surface area contributed by atoms with Crippen LogP contribution in [0.15, 0.2) is 24.3 Å². The molecule has 4 rings (SSSR count). The standard InChI is InChI=1S/C29H38N2O12/c1-15(32)38-14-21(39-16(2)33)23(40-17(3)34)24-22-20(41-26(36)30-22)13-29(42-24,25(35)37-8)43-31-27(4,5)18-11-9-10-12-19(18)28(31,6)7/h9-12,20-24H,13-14H2,1-8H3,(H,30,36)/t20-,21+,22+,23+,24+,29-/m0/s1. The van der Waals surface area contributed by atoms with Crippen molar-refractivity contribution in [1.29, 1.82) is 0 Å². The summed E-state index contributed by atoms with van der Waals surface area (Å²) in [5.41, 5.74) is 0.333. The lowest BCUT2D eigenvalue weighted by Gasteiger charge is -2.49. The summed E-state index contributed by atoms with van der Waals surface area (Å²) in [5, 5.41) is 4.25. The molecule has 1 N–H and O–H groups in total. The summed E-state index contributed by atoms with van der Waals surface area (Å²) in [5.74, 6) is -5.45. The first-order valence-electron chi connectivity index (χ1n) is 13.8. The minimum absolute atomic E-state index is 0.298. The van der Waals surface area contributed by atoms with Crippen molar-refractivity contribution in [3.8, 4) is 0 Å². The molecule has 0 unspecified atom stereocenters. The number of hydrogen-bond donors (Lipinski definition) is 1. The summed E-state index contributed by atoms with van der Waals surface area (Å²) in [6.45, 7) is 10.5. The number of hydrogen-bond acceptors (Lipinski definition) is 13. The van der Waals surface area contributed by atoms with Gasteiger partial charge in [-0.1, -0.05) is 24.3 Å². The highest BCUT2D eigenvalue weighted by Crippen LogP contribution is 2.52. The Bertz CT molecular complexity index is 1260. The quantitative estimate of drug-likeness (QED) is 0.321. The predicted molar refractivity (Wildman–Crippen MR) is 145 cm³/mol. The van der Waals surface area contributed by atoms with E-state index in [1.807, 2.05) is 52.0 Å². The number of alkyl carbamates (subject to hydrolysis) is 1. The zero-order chi connectivity index (χ0) is 31.9. The molecule has 6 atom stereocenters. The molecular weight excluding hydrogens is 568 g/mol. The first-order chi connectivity index (χ1) is 20.0. The van der Waals surface area contributed by atoms with Gasteiger partial charge in [-0.15, -0.1) is 0 Å². The van der Waals surface area contributed by atoms with Gasteiger partial charge in [-0.3, -0.25) is 14.4 Å². The number of nitrogens with zero attached hydrogens (tertiary/aromatic N) is 1. The van der Waals surface area contributed by atoms with Crippen molar-refractivity contribution in [2.45, 2.75) is 102 Å². The Morgan fingerprint density at radius 3 is 2.07 bits per heavy atom. The lowest BCUT2D eigenvalue weighted by molar-refractivity contribution is -0.409. The monoisotopic (exact) mass is 606 g/mol. The Morgan fingerprint density at radius 1 is 0.977 bits per heavy atom. The molecular formula is C29H38N2O12. The van der Waals surface area contributed by atoms with Crippen LogP contribution < -0.4 is 5.32 Å². The van der Waals surface area contributed by atoms with Crippen molar-refractivity contribution < 1.29 is 57.2 Å². The van der Waals surface area contributed by atoms with E-state index in [0.717, 1.165) is 39.0 Å². The van der Waals surface area contributed by atoms with E-state index in [4.69, 9.17) is 33.3 Å². The van der Waals surface area contributed by atoms with Gasteiger partial charge in [-0.2, -0.15) is 5.06 Å². The molecule has 1 amide bonds. The van der Waals surface area contributed by atoms with Crippen LogP contribution >= 0.6 is 0 Å². The largest absolute Gasteiger partial charge is 0.465 e. The second kappa shape index (κ2) is 11.7. The highest BCUT2D eigenvalue weighted by Gasteiger charge is 2.64. The van der Waals surface area contributed by atoms with Gasteiger partial charge < -0.3 is 33.7 Å². The number of benzene rings is 1. The summed E-state index contributed by atoms with van der Waals surface area (Å²) < 4.78 is 33.2. The number of rotatable bonds is 9. The average Bonchev–Trinajstić information content (AvgIpc) is 3.36.